The molecule has 2 fully saturated rings. The van der Waals surface area contributed by atoms with Crippen molar-refractivity contribution in [1.82, 2.24) is 20.1 Å². The largest absolute Gasteiger partial charge is 0.345 e. The maximum Gasteiger partial charge on any atom is 0.270 e. The number of nitrogens with zero attached hydrogens (tertiary/aromatic N) is 4. The number of hydrogen-bond donors (Lipinski definition) is 1. The molecule has 2 aromatic carbocycles. The summed E-state index contributed by atoms with van der Waals surface area (Å²) in [5.74, 6) is -1.11. The summed E-state index contributed by atoms with van der Waals surface area (Å²) in [4.78, 5) is 46.8. The van der Waals surface area contributed by atoms with Crippen LogP contribution in [0.1, 0.15) is 61.6 Å². The molecule has 0 radical (unpaired) electrons. The zero-order chi connectivity index (χ0) is 32.1. The molecule has 2 atom stereocenters. The van der Waals surface area contributed by atoms with Gasteiger partial charge in [0, 0.05) is 56.7 Å². The second kappa shape index (κ2) is 13.7. The monoisotopic (exact) mass is 631 g/mol. The van der Waals surface area contributed by atoms with Gasteiger partial charge in [0.25, 0.3) is 11.8 Å². The van der Waals surface area contributed by atoms with Gasteiger partial charge in [0.1, 0.15) is 11.9 Å². The first kappa shape index (κ1) is 31.9. The number of rotatable bonds is 8. The Bertz CT molecular complexity index is 1700. The van der Waals surface area contributed by atoms with Gasteiger partial charge in [-0.05, 0) is 61.2 Å². The number of likely N-dealkylation sites (tertiary alicyclic amines) is 2. The van der Waals surface area contributed by atoms with Crippen molar-refractivity contribution in [1.29, 1.82) is 5.26 Å². The maximum atomic E-state index is 15.0. The quantitative estimate of drug-likeness (QED) is 0.373. The van der Waals surface area contributed by atoms with Gasteiger partial charge in [-0.15, -0.1) is 0 Å². The lowest BCUT2D eigenvalue weighted by Gasteiger charge is -2.35. The van der Waals surface area contributed by atoms with Crippen molar-refractivity contribution in [2.24, 2.45) is 5.92 Å². The van der Waals surface area contributed by atoms with E-state index in [0.717, 1.165) is 11.8 Å². The van der Waals surface area contributed by atoms with Crippen molar-refractivity contribution >= 4 is 27.4 Å². The minimum absolute atomic E-state index is 0.0771. The molecule has 1 N–H and O–H groups in total. The first-order chi connectivity index (χ1) is 21.5. The van der Waals surface area contributed by atoms with Crippen LogP contribution in [0.4, 0.5) is 4.39 Å². The van der Waals surface area contributed by atoms with Crippen LogP contribution in [0.2, 0.25) is 0 Å². The van der Waals surface area contributed by atoms with E-state index in [1.165, 1.54) is 42.6 Å². The van der Waals surface area contributed by atoms with Crippen molar-refractivity contribution in [2.75, 3.05) is 32.4 Å². The first-order valence-corrected chi connectivity index (χ1v) is 16.7. The number of Topliss-reactive ketones (excluding diaryl/α,β-unsaturated/α-hetero) is 1. The molecule has 12 heteroatoms. The van der Waals surface area contributed by atoms with Gasteiger partial charge in [-0.25, -0.2) is 12.8 Å². The Labute approximate surface area is 261 Å². The molecule has 0 unspecified atom stereocenters. The second-order valence-electron chi connectivity index (χ2n) is 11.6. The van der Waals surface area contributed by atoms with Crippen LogP contribution < -0.4 is 5.32 Å². The van der Waals surface area contributed by atoms with Gasteiger partial charge in [0.2, 0.25) is 0 Å². The Hall–Kier alpha value is -4.47. The van der Waals surface area contributed by atoms with Crippen LogP contribution in [0.5, 0.6) is 0 Å². The average Bonchev–Trinajstić information content (AvgIpc) is 3.05. The number of alkyl halides is 1. The molecule has 45 heavy (non-hydrogen) atoms. The lowest BCUT2D eigenvalue weighted by molar-refractivity contribution is 0.0649. The summed E-state index contributed by atoms with van der Waals surface area (Å²) in [5, 5.41) is 11.7. The molecule has 0 spiro atoms. The lowest BCUT2D eigenvalue weighted by atomic mass is 9.88. The molecule has 0 bridgehead atoms. The number of nitrogens with one attached hydrogen (secondary N) is 1. The van der Waals surface area contributed by atoms with E-state index in [0.29, 0.717) is 62.1 Å². The number of halogens is 1. The number of hydrogen-bond acceptors (Lipinski definition) is 8. The Morgan fingerprint density at radius 3 is 2.20 bits per heavy atom. The summed E-state index contributed by atoms with van der Waals surface area (Å²) in [6.45, 7) is 2.08. The summed E-state index contributed by atoms with van der Waals surface area (Å²) in [7, 11) is -3.35. The van der Waals surface area contributed by atoms with Crippen LogP contribution in [0, 0.1) is 17.2 Å². The molecule has 2 saturated heterocycles. The predicted molar refractivity (Wildman–Crippen MR) is 164 cm³/mol. The minimum atomic E-state index is -3.35. The molecule has 1 aromatic heterocycles. The molecule has 234 valence electrons. The van der Waals surface area contributed by atoms with Gasteiger partial charge < -0.3 is 10.2 Å². The number of carbonyl (C=O) groups is 3. The van der Waals surface area contributed by atoms with Crippen molar-refractivity contribution < 1.29 is 27.2 Å². The number of carbonyl (C=O) groups excluding carboxylic acids is 3. The Morgan fingerprint density at radius 1 is 0.956 bits per heavy atom. The summed E-state index contributed by atoms with van der Waals surface area (Å²) < 4.78 is 38.4. The Kier molecular flexibility index (Phi) is 9.70. The number of ketones is 1. The number of nitriles is 1. The SMILES string of the molecule is CS(=O)(=O)c1ccc(C(=O)C2CCN(C(=O)c3ccc(C(=O)N[C@@H]4CCN(Cc5ccc(C#N)cc5)C[C@H]4F)nc3)CC2)cc1. The number of pyridine rings is 1. The fourth-order valence-corrected chi connectivity index (χ4v) is 6.37. The third-order valence-corrected chi connectivity index (χ3v) is 9.52. The van der Waals surface area contributed by atoms with E-state index in [1.807, 2.05) is 17.0 Å². The van der Waals surface area contributed by atoms with Crippen LogP contribution in [0.15, 0.2) is 71.8 Å². The fourth-order valence-electron chi connectivity index (χ4n) is 5.74. The molecule has 5 rings (SSSR count). The number of sulfone groups is 1. The van der Waals surface area contributed by atoms with Crippen LogP contribution in [0.25, 0.3) is 0 Å². The molecule has 3 aromatic rings. The van der Waals surface area contributed by atoms with Crippen LogP contribution in [-0.4, -0.2) is 85.4 Å². The summed E-state index contributed by atoms with van der Waals surface area (Å²) in [5.41, 5.74) is 2.40. The summed E-state index contributed by atoms with van der Waals surface area (Å²) in [6.07, 6.45) is 2.58. The van der Waals surface area contributed by atoms with Gasteiger partial charge in [-0.1, -0.05) is 24.3 Å². The average molecular weight is 632 g/mol. The number of aromatic nitrogens is 1. The highest BCUT2D eigenvalue weighted by atomic mass is 32.2. The van der Waals surface area contributed by atoms with Gasteiger partial charge in [-0.3, -0.25) is 24.3 Å². The second-order valence-corrected chi connectivity index (χ2v) is 13.6. The van der Waals surface area contributed by atoms with Crippen molar-refractivity contribution in [3.05, 3.63) is 94.8 Å². The van der Waals surface area contributed by atoms with Crippen LogP contribution >= 0.6 is 0 Å². The number of piperidine rings is 2. The smallest absolute Gasteiger partial charge is 0.270 e. The van der Waals surface area contributed by atoms with Crippen LogP contribution in [-0.2, 0) is 16.4 Å². The third kappa shape index (κ3) is 7.79. The summed E-state index contributed by atoms with van der Waals surface area (Å²) in [6, 6.07) is 17.5. The molecule has 0 aliphatic carbocycles. The molecular formula is C33H34FN5O5S. The molecule has 0 saturated carbocycles. The standard InChI is InChI=1S/C33H34FN5O5S/c1-45(43,44)27-9-6-24(7-10-27)31(40)25-12-16-39(17-13-25)33(42)26-8-11-30(36-19-26)32(41)37-29-14-15-38(21-28(29)34)20-23-4-2-22(18-35)3-5-23/h2-11,19,25,28-29H,12-17,20-21H2,1H3,(H,37,41)/t28-,29-/m1/s1. The van der Waals surface area contributed by atoms with E-state index in [9.17, 15) is 27.2 Å². The van der Waals surface area contributed by atoms with E-state index < -0.39 is 28.0 Å². The molecule has 2 aliphatic rings. The molecule has 2 aliphatic heterocycles. The highest BCUT2D eigenvalue weighted by Crippen LogP contribution is 2.24. The minimum Gasteiger partial charge on any atom is -0.345 e. The molecule has 2 amide bonds. The zero-order valence-electron chi connectivity index (χ0n) is 24.9. The van der Waals surface area contributed by atoms with Crippen LogP contribution in [0.3, 0.4) is 0 Å². The lowest BCUT2D eigenvalue weighted by Crippen LogP contribution is -2.52. The van der Waals surface area contributed by atoms with E-state index in [4.69, 9.17) is 5.26 Å². The number of benzene rings is 2. The van der Waals surface area contributed by atoms with Gasteiger partial charge in [0.15, 0.2) is 15.6 Å². The van der Waals surface area contributed by atoms with Gasteiger partial charge in [0.05, 0.1) is 28.1 Å². The highest BCUT2D eigenvalue weighted by Gasteiger charge is 2.32. The van der Waals surface area contributed by atoms with Crippen molar-refractivity contribution in [2.45, 2.75) is 42.9 Å². The van der Waals surface area contributed by atoms with Gasteiger partial charge in [-0.2, -0.15) is 5.26 Å². The van der Waals surface area contributed by atoms with E-state index >= 15 is 0 Å². The Morgan fingerprint density at radius 2 is 1.62 bits per heavy atom. The highest BCUT2D eigenvalue weighted by molar-refractivity contribution is 7.90. The third-order valence-electron chi connectivity index (χ3n) is 8.39. The summed E-state index contributed by atoms with van der Waals surface area (Å²) >= 11 is 0. The predicted octanol–water partition coefficient (Wildman–Crippen LogP) is 3.43. The van der Waals surface area contributed by atoms with Gasteiger partial charge >= 0.3 is 0 Å². The van der Waals surface area contributed by atoms with Crippen molar-refractivity contribution in [3.63, 3.8) is 0 Å². The first-order valence-electron chi connectivity index (χ1n) is 14.8. The Balaban J connectivity index is 1.09. The normalized spacial score (nSPS) is 19.4. The fraction of sp³-hybridized carbons (Fsp3) is 0.364. The maximum absolute atomic E-state index is 15.0. The number of amides is 2. The van der Waals surface area contributed by atoms with E-state index in [2.05, 4.69) is 16.4 Å². The molecule has 3 heterocycles. The zero-order valence-corrected chi connectivity index (χ0v) is 25.7. The molecule has 10 nitrogen and oxygen atoms in total. The van der Waals surface area contributed by atoms with E-state index in [1.54, 1.807) is 17.0 Å². The molecular weight excluding hydrogens is 597 g/mol. The topological polar surface area (TPSA) is 141 Å². The van der Waals surface area contributed by atoms with E-state index in [-0.39, 0.29) is 34.7 Å². The van der Waals surface area contributed by atoms with Crippen molar-refractivity contribution in [3.8, 4) is 6.07 Å².